The molecule has 35 heavy (non-hydrogen) atoms. The summed E-state index contributed by atoms with van der Waals surface area (Å²) in [5, 5.41) is 9.93. The lowest BCUT2D eigenvalue weighted by molar-refractivity contribution is -0.212. The van der Waals surface area contributed by atoms with Gasteiger partial charge in [0.05, 0.1) is 16.4 Å². The summed E-state index contributed by atoms with van der Waals surface area (Å²) in [4.78, 5) is 33.5. The zero-order valence-corrected chi connectivity index (χ0v) is 18.7. The van der Waals surface area contributed by atoms with E-state index in [1.165, 1.54) is 12.1 Å². The van der Waals surface area contributed by atoms with E-state index in [0.717, 1.165) is 5.56 Å². The molecular weight excluding hydrogens is 462 g/mol. The summed E-state index contributed by atoms with van der Waals surface area (Å²) in [6.45, 7) is -1.44. The largest absolute Gasteiger partial charge is 0.479 e. The molecule has 0 unspecified atom stereocenters. The number of aromatic nitrogens is 1. The van der Waals surface area contributed by atoms with Crippen LogP contribution < -0.4 is 15.4 Å². The second-order valence-corrected chi connectivity index (χ2v) is 7.76. The third-order valence-corrected chi connectivity index (χ3v) is 5.48. The Morgan fingerprint density at radius 3 is 2.49 bits per heavy atom. The molecule has 0 spiro atoms. The molecule has 1 amide bonds. The lowest BCUT2D eigenvalue weighted by Crippen LogP contribution is -2.11. The Balaban J connectivity index is 1.95. The van der Waals surface area contributed by atoms with Gasteiger partial charge >= 0.3 is 12.6 Å². The van der Waals surface area contributed by atoms with Gasteiger partial charge in [0, 0.05) is 17.5 Å². The number of nitrogens with two attached hydrogens (primary N) is 1. The smallest absolute Gasteiger partial charge is 0.387 e. The average molecular weight is 484 g/mol. The first-order valence-corrected chi connectivity index (χ1v) is 10.7. The standard InChI is InChI=1S/C25H22F2N2O6/c1-2-14-10-19-23(20(11-14)35-33-13-21(30)31)22-17(24(28)32)7-4-8-18(22)29(19)12-15-5-3-6-16(9-15)34-25(26)27/h3-11,25H,2,12-13H2,1H3,(H2,28,32)(H,30,31). The van der Waals surface area contributed by atoms with Crippen LogP contribution in [0.4, 0.5) is 8.78 Å². The van der Waals surface area contributed by atoms with Gasteiger partial charge in [-0.05, 0) is 53.9 Å². The highest BCUT2D eigenvalue weighted by atomic mass is 19.3. The quantitative estimate of drug-likeness (QED) is 0.253. The number of amides is 1. The van der Waals surface area contributed by atoms with Gasteiger partial charge in [-0.2, -0.15) is 13.7 Å². The topological polar surface area (TPSA) is 113 Å². The van der Waals surface area contributed by atoms with Crippen molar-refractivity contribution in [3.05, 3.63) is 71.3 Å². The molecule has 0 aliphatic carbocycles. The van der Waals surface area contributed by atoms with E-state index in [0.29, 0.717) is 33.8 Å². The highest BCUT2D eigenvalue weighted by Gasteiger charge is 2.21. The van der Waals surface area contributed by atoms with Crippen LogP contribution in [-0.2, 0) is 22.6 Å². The van der Waals surface area contributed by atoms with Crippen LogP contribution in [0.2, 0.25) is 0 Å². The SMILES string of the molecule is CCc1cc(OOCC(=O)O)c2c3c(C(N)=O)cccc3n(Cc3cccc(OC(F)F)c3)c2c1. The Morgan fingerprint density at radius 1 is 1.03 bits per heavy atom. The minimum absolute atomic E-state index is 0.0245. The molecule has 0 atom stereocenters. The second-order valence-electron chi connectivity index (χ2n) is 7.76. The number of aryl methyl sites for hydroxylation is 1. The van der Waals surface area contributed by atoms with Gasteiger partial charge in [-0.25, -0.2) is 4.79 Å². The number of carbonyl (C=O) groups excluding carboxylic acids is 1. The van der Waals surface area contributed by atoms with E-state index in [1.807, 2.05) is 17.6 Å². The molecule has 8 nitrogen and oxygen atoms in total. The van der Waals surface area contributed by atoms with Gasteiger partial charge in [-0.15, -0.1) is 0 Å². The third-order valence-electron chi connectivity index (χ3n) is 5.48. The average Bonchev–Trinajstić information content (AvgIpc) is 3.12. The van der Waals surface area contributed by atoms with Crippen LogP contribution in [0.1, 0.15) is 28.4 Å². The van der Waals surface area contributed by atoms with Crippen molar-refractivity contribution in [3.8, 4) is 11.5 Å². The molecule has 0 aliphatic heterocycles. The molecule has 0 saturated carbocycles. The summed E-state index contributed by atoms with van der Waals surface area (Å²) in [6, 6.07) is 15.0. The number of halogens is 2. The predicted molar refractivity (Wildman–Crippen MR) is 124 cm³/mol. The maximum absolute atomic E-state index is 12.7. The minimum atomic E-state index is -2.95. The maximum Gasteiger partial charge on any atom is 0.387 e. The van der Waals surface area contributed by atoms with Gasteiger partial charge in [0.15, 0.2) is 12.4 Å². The molecule has 0 saturated heterocycles. The maximum atomic E-state index is 12.7. The number of carbonyl (C=O) groups is 2. The number of alkyl halides is 2. The molecule has 3 N–H and O–H groups in total. The number of benzene rings is 3. The molecule has 4 aromatic rings. The minimum Gasteiger partial charge on any atom is -0.479 e. The number of nitrogens with zero attached hydrogens (tertiary/aromatic N) is 1. The molecule has 182 valence electrons. The molecular formula is C25H22F2N2O6. The van der Waals surface area contributed by atoms with Crippen LogP contribution in [0, 0.1) is 0 Å². The van der Waals surface area contributed by atoms with E-state index in [4.69, 9.17) is 20.6 Å². The number of carboxylic acids is 1. The first-order valence-electron chi connectivity index (χ1n) is 10.7. The van der Waals surface area contributed by atoms with Gasteiger partial charge in [0.1, 0.15) is 5.75 Å². The van der Waals surface area contributed by atoms with Gasteiger partial charge in [-0.1, -0.05) is 25.1 Å². The lowest BCUT2D eigenvalue weighted by atomic mass is 10.0. The monoisotopic (exact) mass is 484 g/mol. The molecule has 0 radical (unpaired) electrons. The lowest BCUT2D eigenvalue weighted by Gasteiger charge is -2.12. The summed E-state index contributed by atoms with van der Waals surface area (Å²) in [7, 11) is 0. The number of primary amides is 1. The fourth-order valence-corrected chi connectivity index (χ4v) is 4.07. The van der Waals surface area contributed by atoms with Gasteiger partial charge in [0.2, 0.25) is 5.91 Å². The van der Waals surface area contributed by atoms with Crippen LogP contribution in [0.15, 0.2) is 54.6 Å². The van der Waals surface area contributed by atoms with E-state index in [1.54, 1.807) is 36.4 Å². The number of hydrogen-bond acceptors (Lipinski definition) is 5. The van der Waals surface area contributed by atoms with Crippen molar-refractivity contribution in [2.75, 3.05) is 6.61 Å². The molecule has 0 aliphatic rings. The number of ether oxygens (including phenoxy) is 1. The number of fused-ring (bicyclic) bond motifs is 3. The first-order chi connectivity index (χ1) is 16.8. The van der Waals surface area contributed by atoms with Crippen molar-refractivity contribution < 1.29 is 38.0 Å². The van der Waals surface area contributed by atoms with E-state index in [-0.39, 0.29) is 23.6 Å². The molecule has 0 fully saturated rings. The molecule has 3 aromatic carbocycles. The van der Waals surface area contributed by atoms with Crippen LogP contribution in [0.3, 0.4) is 0 Å². The fourth-order valence-electron chi connectivity index (χ4n) is 4.07. The van der Waals surface area contributed by atoms with Crippen molar-refractivity contribution in [2.24, 2.45) is 5.73 Å². The summed E-state index contributed by atoms with van der Waals surface area (Å²) < 4.78 is 31.9. The fraction of sp³-hybridized carbons (Fsp3) is 0.200. The zero-order chi connectivity index (χ0) is 25.1. The Labute approximate surface area is 198 Å². The molecule has 4 rings (SSSR count). The van der Waals surface area contributed by atoms with Crippen molar-refractivity contribution in [2.45, 2.75) is 26.5 Å². The van der Waals surface area contributed by atoms with Crippen LogP contribution in [0.25, 0.3) is 21.8 Å². The highest BCUT2D eigenvalue weighted by molar-refractivity contribution is 6.19. The number of hydrogen-bond donors (Lipinski definition) is 2. The van der Waals surface area contributed by atoms with Crippen molar-refractivity contribution >= 4 is 33.7 Å². The van der Waals surface area contributed by atoms with Crippen LogP contribution in [0.5, 0.6) is 11.5 Å². The molecule has 0 bridgehead atoms. The molecule has 10 heteroatoms. The number of carboxylic acid groups (broad SMARTS) is 1. The molecule has 1 heterocycles. The van der Waals surface area contributed by atoms with Crippen molar-refractivity contribution in [1.82, 2.24) is 4.57 Å². The van der Waals surface area contributed by atoms with E-state index in [2.05, 4.69) is 4.74 Å². The number of aliphatic carboxylic acids is 1. The van der Waals surface area contributed by atoms with Crippen LogP contribution in [-0.4, -0.2) is 34.8 Å². The van der Waals surface area contributed by atoms with Gasteiger partial charge in [-0.3, -0.25) is 4.79 Å². The highest BCUT2D eigenvalue weighted by Crippen LogP contribution is 2.39. The van der Waals surface area contributed by atoms with Gasteiger partial charge in [0.25, 0.3) is 0 Å². The predicted octanol–water partition coefficient (Wildman–Crippen LogP) is 4.50. The summed E-state index contributed by atoms with van der Waals surface area (Å²) in [5.74, 6) is -1.61. The summed E-state index contributed by atoms with van der Waals surface area (Å²) in [5.41, 5.74) is 8.76. The van der Waals surface area contributed by atoms with E-state index >= 15 is 0 Å². The summed E-state index contributed by atoms with van der Waals surface area (Å²) >= 11 is 0. The van der Waals surface area contributed by atoms with Gasteiger partial charge < -0.3 is 25.0 Å². The second kappa shape index (κ2) is 9.98. The Morgan fingerprint density at radius 2 is 1.80 bits per heavy atom. The Hall–Kier alpha value is -4.18. The van der Waals surface area contributed by atoms with Crippen molar-refractivity contribution in [1.29, 1.82) is 0 Å². The van der Waals surface area contributed by atoms with E-state index in [9.17, 15) is 18.4 Å². The zero-order valence-electron chi connectivity index (χ0n) is 18.7. The normalized spacial score (nSPS) is 11.3. The number of rotatable bonds is 10. The van der Waals surface area contributed by atoms with Crippen LogP contribution >= 0.6 is 0 Å². The van der Waals surface area contributed by atoms with Crippen molar-refractivity contribution in [3.63, 3.8) is 0 Å². The summed E-state index contributed by atoms with van der Waals surface area (Å²) in [6.07, 6.45) is 0.632. The Kier molecular flexibility index (Phi) is 6.83. The van der Waals surface area contributed by atoms with E-state index < -0.39 is 25.1 Å². The third kappa shape index (κ3) is 5.02. The Bertz CT molecular complexity index is 1420. The molecule has 1 aromatic heterocycles. The first kappa shape index (κ1) is 24.0.